The van der Waals surface area contributed by atoms with Gasteiger partial charge in [-0.3, -0.25) is 18.6 Å². The average molecular weight is 873 g/mol. The van der Waals surface area contributed by atoms with Gasteiger partial charge < -0.3 is 45.0 Å². The van der Waals surface area contributed by atoms with Crippen LogP contribution in [0.5, 0.6) is 0 Å². The van der Waals surface area contributed by atoms with Gasteiger partial charge in [0.15, 0.2) is 6.10 Å². The van der Waals surface area contributed by atoms with E-state index in [1.54, 1.807) is 6.08 Å². The van der Waals surface area contributed by atoms with Crippen molar-refractivity contribution in [1.82, 2.24) is 0 Å². The molecular formula is C45H77O14P. The van der Waals surface area contributed by atoms with Crippen LogP contribution in [0.1, 0.15) is 149 Å². The lowest BCUT2D eigenvalue weighted by molar-refractivity contribution is -0.220. The van der Waals surface area contributed by atoms with Crippen LogP contribution in [0.2, 0.25) is 0 Å². The fraction of sp³-hybridized carbons (Fsp3) is 0.733. The summed E-state index contributed by atoms with van der Waals surface area (Å²) in [5.41, 5.74) is 0. The number of carbonyl (C=O) groups is 2. The largest absolute Gasteiger partial charge is 0.472 e. The predicted octanol–water partition coefficient (Wildman–Crippen LogP) is 7.14. The molecule has 0 saturated heterocycles. The molecule has 0 aromatic heterocycles. The van der Waals surface area contributed by atoms with E-state index in [9.17, 15) is 49.7 Å². The van der Waals surface area contributed by atoms with Gasteiger partial charge in [-0.2, -0.15) is 0 Å². The molecule has 0 bridgehead atoms. The minimum absolute atomic E-state index is 0.00381. The number of hydrogen-bond donors (Lipinski definition) is 7. The second kappa shape index (κ2) is 35.0. The first-order valence-corrected chi connectivity index (χ1v) is 23.7. The van der Waals surface area contributed by atoms with E-state index in [1.165, 1.54) is 57.8 Å². The molecule has 7 N–H and O–H groups in total. The van der Waals surface area contributed by atoms with Crippen molar-refractivity contribution < 1.29 is 68.2 Å². The summed E-state index contributed by atoms with van der Waals surface area (Å²) in [7, 11) is -5.14. The van der Waals surface area contributed by atoms with Gasteiger partial charge in [-0.1, -0.05) is 152 Å². The number of unbranched alkanes of at least 4 members (excludes halogenated alkanes) is 13. The molecule has 0 aromatic rings. The minimum Gasteiger partial charge on any atom is -0.462 e. The zero-order valence-corrected chi connectivity index (χ0v) is 37.0. The Bertz CT molecular complexity index is 1300. The van der Waals surface area contributed by atoms with Crippen molar-refractivity contribution in [3.8, 4) is 0 Å². The highest BCUT2D eigenvalue weighted by molar-refractivity contribution is 7.47. The summed E-state index contributed by atoms with van der Waals surface area (Å²) in [6, 6.07) is 0. The first-order chi connectivity index (χ1) is 28.8. The van der Waals surface area contributed by atoms with Crippen LogP contribution in [0.3, 0.4) is 0 Å². The van der Waals surface area contributed by atoms with E-state index >= 15 is 0 Å². The second-order valence-corrected chi connectivity index (χ2v) is 16.8. The quantitative estimate of drug-likeness (QED) is 0.0110. The third-order valence-corrected chi connectivity index (χ3v) is 10.9. The van der Waals surface area contributed by atoms with Crippen molar-refractivity contribution in [3.63, 3.8) is 0 Å². The third kappa shape index (κ3) is 27.5. The molecule has 0 amide bonds. The molecular weight excluding hydrogens is 795 g/mol. The summed E-state index contributed by atoms with van der Waals surface area (Å²) >= 11 is 0. The Balaban J connectivity index is 2.55. The Kier molecular flexibility index (Phi) is 32.4. The summed E-state index contributed by atoms with van der Waals surface area (Å²) in [6.45, 7) is 3.02. The number of phosphoric acid groups is 1. The predicted molar refractivity (Wildman–Crippen MR) is 232 cm³/mol. The van der Waals surface area contributed by atoms with Gasteiger partial charge in [0.1, 0.15) is 43.2 Å². The number of aliphatic hydroxyl groups excluding tert-OH is 6. The number of aliphatic hydroxyl groups is 6. The van der Waals surface area contributed by atoms with Crippen molar-refractivity contribution in [1.29, 1.82) is 0 Å². The van der Waals surface area contributed by atoms with Crippen molar-refractivity contribution in [2.75, 3.05) is 13.2 Å². The lowest BCUT2D eigenvalue weighted by Gasteiger charge is -2.41. The van der Waals surface area contributed by atoms with E-state index in [0.717, 1.165) is 32.1 Å². The molecule has 7 unspecified atom stereocenters. The molecule has 0 radical (unpaired) electrons. The van der Waals surface area contributed by atoms with Crippen LogP contribution in [0, 0.1) is 0 Å². The highest BCUT2D eigenvalue weighted by Gasteiger charge is 2.51. The number of esters is 2. The van der Waals surface area contributed by atoms with Gasteiger partial charge in [0.05, 0.1) is 12.7 Å². The lowest BCUT2D eigenvalue weighted by Crippen LogP contribution is -2.64. The topological polar surface area (TPSA) is 230 Å². The molecule has 0 aromatic carbocycles. The molecule has 1 aliphatic rings. The zero-order valence-electron chi connectivity index (χ0n) is 36.1. The Hall–Kier alpha value is -2.49. The molecule has 0 heterocycles. The maximum absolute atomic E-state index is 12.8. The highest BCUT2D eigenvalue weighted by Crippen LogP contribution is 2.47. The van der Waals surface area contributed by atoms with E-state index in [1.807, 2.05) is 61.6 Å². The molecule has 15 heteroatoms. The van der Waals surface area contributed by atoms with Gasteiger partial charge in [-0.25, -0.2) is 4.57 Å². The number of hydrogen-bond acceptors (Lipinski definition) is 13. The van der Waals surface area contributed by atoms with Crippen molar-refractivity contribution in [2.45, 2.75) is 198 Å². The molecule has 7 atom stereocenters. The number of allylic oxidation sites excluding steroid dienone is 8. The normalized spacial score (nSPS) is 23.3. The van der Waals surface area contributed by atoms with Crippen LogP contribution in [0.15, 0.2) is 60.8 Å². The SMILES string of the molecule is CC/C=C\C=C\C(O)C/C=C\C/C=C\C/C=C\CCCC(=O)OC(COC(=O)CCCCCCCCCCCCCCC)COP(=O)(O)OC1C(O)C(O)C(O)C(O)C1O. The minimum atomic E-state index is -5.14. The number of ether oxygens (including phenoxy) is 2. The Labute approximate surface area is 358 Å². The third-order valence-electron chi connectivity index (χ3n) is 9.95. The van der Waals surface area contributed by atoms with Crippen molar-refractivity contribution in [3.05, 3.63) is 60.8 Å². The molecule has 60 heavy (non-hydrogen) atoms. The van der Waals surface area contributed by atoms with E-state index in [-0.39, 0.29) is 12.8 Å². The Morgan fingerprint density at radius 3 is 1.72 bits per heavy atom. The molecule has 0 aliphatic heterocycles. The van der Waals surface area contributed by atoms with Crippen LogP contribution >= 0.6 is 7.82 Å². The smallest absolute Gasteiger partial charge is 0.462 e. The zero-order chi connectivity index (χ0) is 44.4. The van der Waals surface area contributed by atoms with Gasteiger partial charge in [0, 0.05) is 12.8 Å². The summed E-state index contributed by atoms with van der Waals surface area (Å²) in [6.07, 6.45) is 24.6. The Morgan fingerprint density at radius 2 is 1.13 bits per heavy atom. The van der Waals surface area contributed by atoms with E-state index < -0.39 is 81.8 Å². The van der Waals surface area contributed by atoms with Crippen LogP contribution in [-0.4, -0.2) is 110 Å². The fourth-order valence-electron chi connectivity index (χ4n) is 6.33. The first-order valence-electron chi connectivity index (χ1n) is 22.2. The van der Waals surface area contributed by atoms with Crippen molar-refractivity contribution >= 4 is 19.8 Å². The van der Waals surface area contributed by atoms with Crippen LogP contribution in [0.25, 0.3) is 0 Å². The summed E-state index contributed by atoms with van der Waals surface area (Å²) in [5, 5.41) is 60.0. The van der Waals surface area contributed by atoms with E-state index in [2.05, 4.69) is 6.92 Å². The number of rotatable bonds is 35. The maximum Gasteiger partial charge on any atom is 0.472 e. The fourth-order valence-corrected chi connectivity index (χ4v) is 7.31. The maximum atomic E-state index is 12.8. The standard InChI is InChI=1S/C45H77O14P/c1-3-5-7-9-10-11-12-13-14-18-21-24-28-32-38(47)56-34-37(35-57-60(54,55)59-45-43(52)41(50)40(49)42(51)44(45)53)58-39(48)33-29-25-22-19-16-15-17-20-23-27-31-36(46)30-26-8-6-4-2/h6,8,15,17,19,22-23,26-27,30,36-37,40-46,49-53H,3-5,7,9-14,16,18,20-21,24-25,28-29,31-35H2,1-2H3,(H,54,55)/b8-6-,17-15-,22-19-,27-23-,30-26+. The second-order valence-electron chi connectivity index (χ2n) is 15.4. The summed E-state index contributed by atoms with van der Waals surface area (Å²) in [4.78, 5) is 35.6. The molecule has 14 nitrogen and oxygen atoms in total. The molecule has 346 valence electrons. The number of phosphoric ester groups is 1. The van der Waals surface area contributed by atoms with E-state index in [0.29, 0.717) is 32.1 Å². The number of carbonyl (C=O) groups excluding carboxylic acids is 2. The first kappa shape index (κ1) is 55.5. The molecule has 1 rings (SSSR count). The lowest BCUT2D eigenvalue weighted by atomic mass is 9.85. The molecule has 1 aliphatic carbocycles. The highest BCUT2D eigenvalue weighted by atomic mass is 31.2. The van der Waals surface area contributed by atoms with Gasteiger partial charge in [-0.05, 0) is 44.9 Å². The van der Waals surface area contributed by atoms with E-state index in [4.69, 9.17) is 18.5 Å². The summed E-state index contributed by atoms with van der Waals surface area (Å²) in [5.74, 6) is -1.20. The van der Waals surface area contributed by atoms with Gasteiger partial charge in [0.2, 0.25) is 0 Å². The average Bonchev–Trinajstić information content (AvgIpc) is 3.22. The van der Waals surface area contributed by atoms with Crippen LogP contribution < -0.4 is 0 Å². The van der Waals surface area contributed by atoms with Crippen LogP contribution in [-0.2, 0) is 32.7 Å². The van der Waals surface area contributed by atoms with Gasteiger partial charge >= 0.3 is 19.8 Å². The Morgan fingerprint density at radius 1 is 0.617 bits per heavy atom. The summed E-state index contributed by atoms with van der Waals surface area (Å²) < 4.78 is 33.4. The monoisotopic (exact) mass is 873 g/mol. The van der Waals surface area contributed by atoms with Crippen molar-refractivity contribution in [2.24, 2.45) is 0 Å². The molecule has 0 spiro atoms. The van der Waals surface area contributed by atoms with Gasteiger partial charge in [0.25, 0.3) is 0 Å². The molecule has 1 fully saturated rings. The molecule has 1 saturated carbocycles. The van der Waals surface area contributed by atoms with Crippen LogP contribution in [0.4, 0.5) is 0 Å². The van der Waals surface area contributed by atoms with Gasteiger partial charge in [-0.15, -0.1) is 0 Å².